The highest BCUT2D eigenvalue weighted by molar-refractivity contribution is 7.47. The van der Waals surface area contributed by atoms with Gasteiger partial charge in [0.15, 0.2) is 6.10 Å². The molecule has 0 aromatic heterocycles. The van der Waals surface area contributed by atoms with E-state index in [1.54, 1.807) is 0 Å². The summed E-state index contributed by atoms with van der Waals surface area (Å²) in [6.07, 6.45) is 44.3. The second kappa shape index (κ2) is 39.0. The summed E-state index contributed by atoms with van der Waals surface area (Å²) in [5.41, 5.74) is 5.32. The smallest absolute Gasteiger partial charge is 0.472 e. The molecule has 0 radical (unpaired) electrons. The van der Waals surface area contributed by atoms with E-state index < -0.39 is 51.1 Å². The predicted molar refractivity (Wildman–Crippen MR) is 226 cm³/mol. The lowest BCUT2D eigenvalue weighted by molar-refractivity contribution is -0.161. The van der Waals surface area contributed by atoms with Crippen LogP contribution in [0.2, 0.25) is 0 Å². The van der Waals surface area contributed by atoms with E-state index in [-0.39, 0.29) is 19.4 Å². The molecule has 1 unspecified atom stereocenters. The van der Waals surface area contributed by atoms with Gasteiger partial charge in [-0.3, -0.25) is 23.4 Å². The Morgan fingerprint density at radius 3 is 1.50 bits per heavy atom. The second-order valence-electron chi connectivity index (χ2n) is 14.1. The maximum Gasteiger partial charge on any atom is 0.472 e. The number of nitrogens with two attached hydrogens (primary N) is 1. The number of ether oxygens (including phenoxy) is 2. The van der Waals surface area contributed by atoms with Crippen LogP contribution in [0.3, 0.4) is 0 Å². The molecule has 0 fully saturated rings. The molecule has 0 aromatic rings. The van der Waals surface area contributed by atoms with E-state index in [4.69, 9.17) is 24.8 Å². The van der Waals surface area contributed by atoms with E-state index in [2.05, 4.69) is 67.0 Å². The zero-order valence-corrected chi connectivity index (χ0v) is 35.6. The molecule has 0 aliphatic carbocycles. The Hall–Kier alpha value is -2.82. The largest absolute Gasteiger partial charge is 0.480 e. The standard InChI is InChI=1S/C44H76NO10P/c1-3-5-7-9-11-13-15-17-19-20-22-24-26-28-30-32-34-36-43(47)55-40(38-53-56(50,51)54-39-41(45)44(48)49)37-52-42(46)35-33-31-29-27-25-23-21-18-16-14-12-10-8-6-4-2/h12,14,17-19,21-22,24,28,30,40-41H,3-11,13,15-16,20,23,25-27,29,31-39,45H2,1-2H3,(H,48,49)(H,50,51)/b14-12-,19-17-,21-18-,24-22-,30-28-/t40-,41+/m1/s1. The van der Waals surface area contributed by atoms with Gasteiger partial charge in [-0.2, -0.15) is 0 Å². The number of allylic oxidation sites excluding steroid dienone is 10. The molecule has 12 heteroatoms. The van der Waals surface area contributed by atoms with Crippen molar-refractivity contribution in [1.29, 1.82) is 0 Å². The summed E-state index contributed by atoms with van der Waals surface area (Å²) < 4.78 is 32.6. The molecular formula is C44H76NO10P. The lowest BCUT2D eigenvalue weighted by Crippen LogP contribution is -2.34. The molecule has 3 atom stereocenters. The van der Waals surface area contributed by atoms with Crippen LogP contribution in [0.15, 0.2) is 60.8 Å². The monoisotopic (exact) mass is 810 g/mol. The number of phosphoric ester groups is 1. The van der Waals surface area contributed by atoms with Crippen molar-refractivity contribution in [2.45, 2.75) is 180 Å². The van der Waals surface area contributed by atoms with Gasteiger partial charge in [0.05, 0.1) is 13.2 Å². The van der Waals surface area contributed by atoms with Crippen LogP contribution in [0.5, 0.6) is 0 Å². The Labute approximate surface area is 338 Å². The first-order valence-electron chi connectivity index (χ1n) is 21.3. The van der Waals surface area contributed by atoms with E-state index in [0.717, 1.165) is 64.2 Å². The number of esters is 2. The van der Waals surface area contributed by atoms with Crippen molar-refractivity contribution in [3.05, 3.63) is 60.8 Å². The molecule has 0 spiro atoms. The summed E-state index contributed by atoms with van der Waals surface area (Å²) >= 11 is 0. The van der Waals surface area contributed by atoms with Gasteiger partial charge in [-0.15, -0.1) is 0 Å². The third kappa shape index (κ3) is 38.1. The summed E-state index contributed by atoms with van der Waals surface area (Å²) in [6, 6.07) is -1.53. The molecule has 0 aliphatic rings. The molecule has 0 aromatic carbocycles. The van der Waals surface area contributed by atoms with Crippen LogP contribution in [-0.2, 0) is 37.5 Å². The molecule has 11 nitrogen and oxygen atoms in total. The Morgan fingerprint density at radius 2 is 0.964 bits per heavy atom. The van der Waals surface area contributed by atoms with Gasteiger partial charge in [-0.05, 0) is 77.0 Å². The van der Waals surface area contributed by atoms with Crippen LogP contribution >= 0.6 is 7.82 Å². The number of carboxylic acid groups (broad SMARTS) is 1. The van der Waals surface area contributed by atoms with Crippen molar-refractivity contribution in [2.75, 3.05) is 19.8 Å². The minimum atomic E-state index is -4.73. The highest BCUT2D eigenvalue weighted by atomic mass is 31.2. The van der Waals surface area contributed by atoms with Crippen LogP contribution in [0.4, 0.5) is 0 Å². The number of carboxylic acids is 1. The van der Waals surface area contributed by atoms with Crippen LogP contribution < -0.4 is 5.73 Å². The van der Waals surface area contributed by atoms with Crippen molar-refractivity contribution in [2.24, 2.45) is 5.73 Å². The normalized spacial score (nSPS) is 14.4. The Kier molecular flexibility index (Phi) is 37.1. The van der Waals surface area contributed by atoms with Crippen LogP contribution in [-0.4, -0.2) is 59.9 Å². The van der Waals surface area contributed by atoms with Crippen LogP contribution in [0.25, 0.3) is 0 Å². The molecule has 0 bridgehead atoms. The Morgan fingerprint density at radius 1 is 0.554 bits per heavy atom. The number of unbranched alkanes of at least 4 members (excludes halogenated alkanes) is 15. The predicted octanol–water partition coefficient (Wildman–Crippen LogP) is 11.2. The van der Waals surface area contributed by atoms with E-state index in [9.17, 15) is 23.8 Å². The van der Waals surface area contributed by atoms with E-state index in [0.29, 0.717) is 19.3 Å². The maximum atomic E-state index is 12.6. The summed E-state index contributed by atoms with van der Waals surface area (Å²) in [7, 11) is -4.73. The molecule has 0 rings (SSSR count). The maximum absolute atomic E-state index is 12.6. The third-order valence-corrected chi connectivity index (χ3v) is 9.69. The van der Waals surface area contributed by atoms with Gasteiger partial charge in [-0.25, -0.2) is 4.57 Å². The van der Waals surface area contributed by atoms with Crippen LogP contribution in [0, 0.1) is 0 Å². The zero-order valence-electron chi connectivity index (χ0n) is 34.7. The van der Waals surface area contributed by atoms with Gasteiger partial charge < -0.3 is 25.2 Å². The van der Waals surface area contributed by atoms with E-state index in [1.807, 2.05) is 12.2 Å². The number of hydrogen-bond donors (Lipinski definition) is 3. The van der Waals surface area contributed by atoms with Crippen molar-refractivity contribution in [1.82, 2.24) is 0 Å². The molecule has 0 aliphatic heterocycles. The quantitative estimate of drug-likeness (QED) is 0.0233. The molecule has 322 valence electrons. The Bertz CT molecular complexity index is 1180. The molecule has 0 saturated carbocycles. The number of carbonyl (C=O) groups excluding carboxylic acids is 2. The summed E-state index contributed by atoms with van der Waals surface area (Å²) in [4.78, 5) is 45.9. The molecule has 4 N–H and O–H groups in total. The lowest BCUT2D eigenvalue weighted by Gasteiger charge is -2.20. The van der Waals surface area contributed by atoms with Crippen LogP contribution in [0.1, 0.15) is 168 Å². The van der Waals surface area contributed by atoms with Crippen molar-refractivity contribution in [3.63, 3.8) is 0 Å². The fourth-order valence-electron chi connectivity index (χ4n) is 5.34. The lowest BCUT2D eigenvalue weighted by atomic mass is 10.1. The molecule has 0 amide bonds. The highest BCUT2D eigenvalue weighted by Gasteiger charge is 2.28. The molecule has 0 heterocycles. The third-order valence-electron chi connectivity index (χ3n) is 8.74. The van der Waals surface area contributed by atoms with Gasteiger partial charge >= 0.3 is 25.7 Å². The summed E-state index contributed by atoms with van der Waals surface area (Å²) in [6.45, 7) is 2.69. The SMILES string of the molecule is CCCCC/C=C\C/C=C\CCCCCCCC(=O)OC[C@H](COP(=O)(O)OC[C@H](N)C(=O)O)OC(=O)CCC/C=C\C/C=C\C/C=C\CCCCCCCC. The van der Waals surface area contributed by atoms with E-state index >= 15 is 0 Å². The zero-order chi connectivity index (χ0) is 41.4. The minimum Gasteiger partial charge on any atom is -0.480 e. The number of phosphoric acid groups is 1. The Balaban J connectivity index is 4.50. The molecule has 56 heavy (non-hydrogen) atoms. The van der Waals surface area contributed by atoms with E-state index in [1.165, 1.54) is 57.8 Å². The average Bonchev–Trinajstić information content (AvgIpc) is 3.17. The first-order chi connectivity index (χ1) is 27.1. The van der Waals surface area contributed by atoms with Gasteiger partial charge in [0, 0.05) is 12.8 Å². The van der Waals surface area contributed by atoms with Gasteiger partial charge in [0.2, 0.25) is 0 Å². The summed E-state index contributed by atoms with van der Waals surface area (Å²) in [5.74, 6) is -2.47. The number of carbonyl (C=O) groups is 3. The van der Waals surface area contributed by atoms with Crippen molar-refractivity contribution < 1.29 is 47.5 Å². The second-order valence-corrected chi connectivity index (χ2v) is 15.6. The topological polar surface area (TPSA) is 172 Å². The highest BCUT2D eigenvalue weighted by Crippen LogP contribution is 2.43. The first kappa shape index (κ1) is 53.2. The van der Waals surface area contributed by atoms with Gasteiger partial charge in [0.1, 0.15) is 12.6 Å². The fraction of sp³-hybridized carbons (Fsp3) is 0.705. The minimum absolute atomic E-state index is 0.0841. The average molecular weight is 810 g/mol. The fourth-order valence-corrected chi connectivity index (χ4v) is 6.12. The summed E-state index contributed by atoms with van der Waals surface area (Å²) in [5, 5.41) is 8.88. The number of aliphatic carboxylic acids is 1. The number of hydrogen-bond acceptors (Lipinski definition) is 9. The van der Waals surface area contributed by atoms with Gasteiger partial charge in [0.25, 0.3) is 0 Å². The molecular weight excluding hydrogens is 733 g/mol. The molecule has 0 saturated heterocycles. The number of rotatable bonds is 39. The van der Waals surface area contributed by atoms with Gasteiger partial charge in [-0.1, -0.05) is 139 Å². The van der Waals surface area contributed by atoms with Crippen molar-refractivity contribution >= 4 is 25.7 Å². The van der Waals surface area contributed by atoms with Crippen molar-refractivity contribution in [3.8, 4) is 0 Å². The first-order valence-corrected chi connectivity index (χ1v) is 22.8.